The highest BCUT2D eigenvalue weighted by Crippen LogP contribution is 2.39. The van der Waals surface area contributed by atoms with Gasteiger partial charge in [-0.15, -0.1) is 6.42 Å². The van der Waals surface area contributed by atoms with E-state index in [1.807, 2.05) is 0 Å². The minimum atomic E-state index is -0.819. The van der Waals surface area contributed by atoms with Crippen molar-refractivity contribution in [2.24, 2.45) is 5.11 Å². The Balaban J connectivity index is 1.91. The van der Waals surface area contributed by atoms with Gasteiger partial charge in [-0.05, 0) is 25.4 Å². The molecule has 25 heavy (non-hydrogen) atoms. The molecule has 0 unspecified atom stereocenters. The number of amides is 1. The topological polar surface area (TPSA) is 96.8 Å². The van der Waals surface area contributed by atoms with Gasteiger partial charge in [-0.1, -0.05) is 29.2 Å². The van der Waals surface area contributed by atoms with E-state index in [0.29, 0.717) is 0 Å². The third-order valence-corrected chi connectivity index (χ3v) is 4.23. The van der Waals surface area contributed by atoms with Gasteiger partial charge >= 0.3 is 0 Å². The van der Waals surface area contributed by atoms with Crippen molar-refractivity contribution in [3.8, 4) is 12.3 Å². The van der Waals surface area contributed by atoms with Crippen molar-refractivity contribution in [1.82, 2.24) is 4.90 Å². The zero-order valence-electron chi connectivity index (χ0n) is 14.1. The quantitative estimate of drug-likeness (QED) is 0.365. The van der Waals surface area contributed by atoms with Crippen molar-refractivity contribution in [1.29, 1.82) is 0 Å². The van der Waals surface area contributed by atoms with Crippen LogP contribution in [0.4, 0.5) is 5.69 Å². The second kappa shape index (κ2) is 6.39. The summed E-state index contributed by atoms with van der Waals surface area (Å²) in [7, 11) is 1.62. The standard InChI is InChI=1S/C17H18N4O4/c1-5-12-13(14-16(23-12)25-17(2,3)24-14)21(4)15(22)10-8-6-7-9-11(10)19-20-18/h1,6-9,12-14,16H,2-4H3/t12-,13+,14-,16-/m1/s1. The lowest BCUT2D eigenvalue weighted by Gasteiger charge is -2.31. The third-order valence-electron chi connectivity index (χ3n) is 4.23. The van der Waals surface area contributed by atoms with Crippen LogP contribution in [-0.4, -0.2) is 48.2 Å². The SMILES string of the molecule is C#C[C@H]1O[C@@H]2OC(C)(C)O[C@@H]2[C@H]1N(C)C(=O)c1ccccc1N=[N+]=[N-]. The van der Waals surface area contributed by atoms with E-state index in [1.54, 1.807) is 45.2 Å². The number of hydrogen-bond acceptors (Lipinski definition) is 5. The lowest BCUT2D eigenvalue weighted by atomic mass is 10.0. The first-order valence-electron chi connectivity index (χ1n) is 7.76. The molecule has 8 heteroatoms. The predicted molar refractivity (Wildman–Crippen MR) is 88.7 cm³/mol. The van der Waals surface area contributed by atoms with E-state index in [9.17, 15) is 4.79 Å². The van der Waals surface area contributed by atoms with E-state index in [2.05, 4.69) is 15.9 Å². The molecule has 4 atom stereocenters. The van der Waals surface area contributed by atoms with Crippen LogP contribution in [0.2, 0.25) is 0 Å². The van der Waals surface area contributed by atoms with E-state index < -0.39 is 30.3 Å². The molecule has 1 amide bonds. The van der Waals surface area contributed by atoms with Crippen LogP contribution in [0, 0.1) is 12.3 Å². The maximum Gasteiger partial charge on any atom is 0.254 e. The summed E-state index contributed by atoms with van der Waals surface area (Å²) in [5.41, 5.74) is 9.21. The number of nitrogens with zero attached hydrogens (tertiary/aromatic N) is 4. The van der Waals surface area contributed by atoms with Gasteiger partial charge < -0.3 is 19.1 Å². The molecule has 0 bridgehead atoms. The average molecular weight is 342 g/mol. The second-order valence-electron chi connectivity index (χ2n) is 6.31. The van der Waals surface area contributed by atoms with Crippen LogP contribution >= 0.6 is 0 Å². The van der Waals surface area contributed by atoms with Gasteiger partial charge in [0.1, 0.15) is 18.2 Å². The van der Waals surface area contributed by atoms with Gasteiger partial charge in [-0.3, -0.25) is 4.79 Å². The number of likely N-dealkylation sites (N-methyl/N-ethyl adjacent to an activating group) is 1. The summed E-state index contributed by atoms with van der Waals surface area (Å²) < 4.78 is 17.3. The summed E-state index contributed by atoms with van der Waals surface area (Å²) in [6, 6.07) is 6.03. The molecule has 2 fully saturated rings. The van der Waals surface area contributed by atoms with Crippen molar-refractivity contribution in [3.05, 3.63) is 40.3 Å². The number of hydrogen-bond donors (Lipinski definition) is 0. The summed E-state index contributed by atoms with van der Waals surface area (Å²) in [6.07, 6.45) is 3.76. The summed E-state index contributed by atoms with van der Waals surface area (Å²) in [5, 5.41) is 3.57. The fraction of sp³-hybridized carbons (Fsp3) is 0.471. The molecule has 0 N–H and O–H groups in total. The van der Waals surface area contributed by atoms with E-state index in [1.165, 1.54) is 4.90 Å². The Morgan fingerprint density at radius 3 is 2.80 bits per heavy atom. The van der Waals surface area contributed by atoms with Crippen LogP contribution in [0.5, 0.6) is 0 Å². The van der Waals surface area contributed by atoms with E-state index >= 15 is 0 Å². The molecule has 2 heterocycles. The first-order valence-corrected chi connectivity index (χ1v) is 7.76. The molecular formula is C17H18N4O4. The number of terminal acetylenes is 1. The third kappa shape index (κ3) is 3.06. The van der Waals surface area contributed by atoms with Crippen molar-refractivity contribution >= 4 is 11.6 Å². The van der Waals surface area contributed by atoms with Crippen LogP contribution in [0.1, 0.15) is 24.2 Å². The lowest BCUT2D eigenvalue weighted by Crippen LogP contribution is -2.49. The number of carbonyl (C=O) groups excluding carboxylic acids is 1. The molecule has 3 rings (SSSR count). The number of rotatable bonds is 3. The zero-order chi connectivity index (χ0) is 18.2. The van der Waals surface area contributed by atoms with Crippen LogP contribution in [-0.2, 0) is 14.2 Å². The zero-order valence-corrected chi connectivity index (χ0v) is 14.1. The maximum absolute atomic E-state index is 13.0. The molecule has 0 radical (unpaired) electrons. The molecule has 2 saturated heterocycles. The molecule has 0 saturated carbocycles. The molecule has 2 aliphatic rings. The molecule has 8 nitrogen and oxygen atoms in total. The molecular weight excluding hydrogens is 324 g/mol. The number of azide groups is 1. The molecule has 0 aromatic heterocycles. The number of carbonyl (C=O) groups is 1. The number of ether oxygens (including phenoxy) is 3. The first kappa shape index (κ1) is 17.3. The van der Waals surface area contributed by atoms with Crippen molar-refractivity contribution in [2.75, 3.05) is 7.05 Å². The first-order chi connectivity index (χ1) is 11.9. The molecule has 0 aliphatic carbocycles. The van der Waals surface area contributed by atoms with Gasteiger partial charge in [0.2, 0.25) is 0 Å². The lowest BCUT2D eigenvalue weighted by molar-refractivity contribution is -0.203. The largest absolute Gasteiger partial charge is 0.340 e. The van der Waals surface area contributed by atoms with Crippen LogP contribution in [0.15, 0.2) is 29.4 Å². The molecule has 0 spiro atoms. The normalized spacial score (nSPS) is 29.4. The smallest absolute Gasteiger partial charge is 0.254 e. The molecule has 1 aromatic rings. The number of fused-ring (bicyclic) bond motifs is 1. The summed E-state index contributed by atoms with van der Waals surface area (Å²) in [5.74, 6) is 1.38. The summed E-state index contributed by atoms with van der Waals surface area (Å²) in [6.45, 7) is 3.55. The van der Waals surface area contributed by atoms with Gasteiger partial charge in [0.05, 0.1) is 5.69 Å². The Kier molecular flexibility index (Phi) is 4.41. The Bertz CT molecular complexity index is 781. The van der Waals surface area contributed by atoms with Crippen LogP contribution in [0.25, 0.3) is 10.4 Å². The van der Waals surface area contributed by atoms with Gasteiger partial charge in [0, 0.05) is 17.5 Å². The molecule has 1 aromatic carbocycles. The van der Waals surface area contributed by atoms with Crippen LogP contribution < -0.4 is 0 Å². The predicted octanol–water partition coefficient (Wildman–Crippen LogP) is 2.58. The molecule has 2 aliphatic heterocycles. The van der Waals surface area contributed by atoms with Crippen molar-refractivity contribution in [2.45, 2.75) is 44.2 Å². The molecule has 130 valence electrons. The summed E-state index contributed by atoms with van der Waals surface area (Å²) in [4.78, 5) is 17.2. The van der Waals surface area contributed by atoms with Crippen molar-refractivity contribution in [3.63, 3.8) is 0 Å². The Morgan fingerprint density at radius 2 is 2.12 bits per heavy atom. The maximum atomic E-state index is 13.0. The average Bonchev–Trinajstić information content (AvgIpc) is 3.05. The Hall–Kier alpha value is -2.56. The van der Waals surface area contributed by atoms with Crippen LogP contribution in [0.3, 0.4) is 0 Å². The van der Waals surface area contributed by atoms with E-state index in [-0.39, 0.29) is 17.2 Å². The van der Waals surface area contributed by atoms with E-state index in [4.69, 9.17) is 26.2 Å². The fourth-order valence-corrected chi connectivity index (χ4v) is 3.17. The monoisotopic (exact) mass is 342 g/mol. The van der Waals surface area contributed by atoms with E-state index in [0.717, 1.165) is 0 Å². The minimum absolute atomic E-state index is 0.249. The fourth-order valence-electron chi connectivity index (χ4n) is 3.17. The van der Waals surface area contributed by atoms with Gasteiger partial charge in [0.15, 0.2) is 12.1 Å². The van der Waals surface area contributed by atoms with Gasteiger partial charge in [-0.2, -0.15) is 0 Å². The highest BCUT2D eigenvalue weighted by Gasteiger charge is 2.56. The van der Waals surface area contributed by atoms with Crippen molar-refractivity contribution < 1.29 is 19.0 Å². The number of benzene rings is 1. The Labute approximate surface area is 145 Å². The Morgan fingerprint density at radius 1 is 1.40 bits per heavy atom. The minimum Gasteiger partial charge on any atom is -0.340 e. The van der Waals surface area contributed by atoms with Gasteiger partial charge in [0.25, 0.3) is 5.91 Å². The summed E-state index contributed by atoms with van der Waals surface area (Å²) >= 11 is 0. The van der Waals surface area contributed by atoms with Gasteiger partial charge in [-0.25, -0.2) is 0 Å². The highest BCUT2D eigenvalue weighted by atomic mass is 16.8. The highest BCUT2D eigenvalue weighted by molar-refractivity contribution is 5.99. The second-order valence-corrected chi connectivity index (χ2v) is 6.31.